The van der Waals surface area contributed by atoms with E-state index in [1.807, 2.05) is 30.3 Å². The molecule has 34 heavy (non-hydrogen) atoms. The largest absolute Gasteiger partial charge is 0.507 e. The van der Waals surface area contributed by atoms with Crippen molar-refractivity contribution in [3.63, 3.8) is 0 Å². The van der Waals surface area contributed by atoms with E-state index < -0.39 is 28.4 Å². The first-order chi connectivity index (χ1) is 16.4. The van der Waals surface area contributed by atoms with Crippen LogP contribution in [0.4, 0.5) is 5.69 Å². The van der Waals surface area contributed by atoms with Gasteiger partial charge in [-0.15, -0.1) is 0 Å². The van der Waals surface area contributed by atoms with Crippen molar-refractivity contribution in [1.82, 2.24) is 4.90 Å². The Morgan fingerprint density at radius 2 is 1.65 bits per heavy atom. The lowest BCUT2D eigenvalue weighted by molar-refractivity contribution is -0.385. The molecule has 1 aliphatic heterocycles. The number of amides is 1. The highest BCUT2D eigenvalue weighted by Gasteiger charge is 2.47. The van der Waals surface area contributed by atoms with Gasteiger partial charge in [-0.25, -0.2) is 0 Å². The Kier molecular flexibility index (Phi) is 6.40. The van der Waals surface area contributed by atoms with Crippen LogP contribution in [0.5, 0.6) is 5.75 Å². The Hall–Kier alpha value is -4.46. The fourth-order valence-electron chi connectivity index (χ4n) is 4.12. The Morgan fingerprint density at radius 3 is 2.29 bits per heavy atom. The number of hydrogen-bond acceptors (Lipinski definition) is 6. The van der Waals surface area contributed by atoms with Crippen LogP contribution in [0.1, 0.15) is 22.7 Å². The number of nitro groups is 1. The van der Waals surface area contributed by atoms with Crippen LogP contribution < -0.4 is 4.74 Å². The molecular weight excluding hydrogens is 436 g/mol. The number of methoxy groups -OCH3 is 1. The van der Waals surface area contributed by atoms with E-state index in [0.29, 0.717) is 17.7 Å². The van der Waals surface area contributed by atoms with E-state index in [1.165, 1.54) is 30.2 Å². The number of ketones is 1. The first-order valence-corrected chi connectivity index (χ1v) is 10.6. The zero-order valence-corrected chi connectivity index (χ0v) is 18.4. The summed E-state index contributed by atoms with van der Waals surface area (Å²) >= 11 is 0. The number of para-hydroxylation sites is 1. The maximum absolute atomic E-state index is 13.1. The maximum Gasteiger partial charge on any atom is 0.295 e. The summed E-state index contributed by atoms with van der Waals surface area (Å²) in [5, 5.41) is 22.9. The topological polar surface area (TPSA) is 110 Å². The van der Waals surface area contributed by atoms with Crippen molar-refractivity contribution in [3.05, 3.63) is 111 Å². The van der Waals surface area contributed by atoms with Gasteiger partial charge in [0.1, 0.15) is 11.5 Å². The average Bonchev–Trinajstić information content (AvgIpc) is 3.12. The number of Topliss-reactive ketones (excluding diaryl/α,β-unsaturated/α-hetero) is 1. The van der Waals surface area contributed by atoms with Crippen molar-refractivity contribution in [2.75, 3.05) is 13.7 Å². The second-order valence-electron chi connectivity index (χ2n) is 7.77. The molecule has 1 saturated heterocycles. The Bertz CT molecular complexity index is 1270. The molecule has 3 aromatic rings. The third-order valence-corrected chi connectivity index (χ3v) is 5.82. The predicted molar refractivity (Wildman–Crippen MR) is 125 cm³/mol. The summed E-state index contributed by atoms with van der Waals surface area (Å²) in [6.07, 6.45) is 0.438. The van der Waals surface area contributed by atoms with Gasteiger partial charge in [0.05, 0.1) is 29.2 Å². The Labute approximate surface area is 195 Å². The number of carbonyl (C=O) groups excluding carboxylic acids is 2. The molecule has 1 amide bonds. The quantitative estimate of drug-likeness (QED) is 0.186. The van der Waals surface area contributed by atoms with Crippen molar-refractivity contribution in [1.29, 1.82) is 0 Å². The molecule has 8 heteroatoms. The number of nitrogens with zero attached hydrogens (tertiary/aromatic N) is 2. The molecule has 172 valence electrons. The second-order valence-corrected chi connectivity index (χ2v) is 7.77. The van der Waals surface area contributed by atoms with Crippen LogP contribution in [-0.4, -0.2) is 40.3 Å². The van der Waals surface area contributed by atoms with Crippen LogP contribution in [0.15, 0.2) is 84.4 Å². The number of nitro benzene ring substituents is 1. The van der Waals surface area contributed by atoms with Crippen LogP contribution in [0.3, 0.4) is 0 Å². The maximum atomic E-state index is 13.1. The molecule has 0 aromatic heterocycles. The minimum absolute atomic E-state index is 0.144. The van der Waals surface area contributed by atoms with Gasteiger partial charge in [0.25, 0.3) is 17.4 Å². The Morgan fingerprint density at radius 1 is 1.00 bits per heavy atom. The summed E-state index contributed by atoms with van der Waals surface area (Å²) < 4.78 is 5.13. The number of benzene rings is 3. The first-order valence-electron chi connectivity index (χ1n) is 10.6. The fourth-order valence-corrected chi connectivity index (χ4v) is 4.12. The monoisotopic (exact) mass is 458 g/mol. The van der Waals surface area contributed by atoms with Gasteiger partial charge in [-0.05, 0) is 42.3 Å². The number of ether oxygens (including phenoxy) is 1. The smallest absolute Gasteiger partial charge is 0.295 e. The third-order valence-electron chi connectivity index (χ3n) is 5.82. The van der Waals surface area contributed by atoms with Crippen molar-refractivity contribution in [3.8, 4) is 5.75 Å². The van der Waals surface area contributed by atoms with Gasteiger partial charge in [-0.1, -0.05) is 42.5 Å². The van der Waals surface area contributed by atoms with E-state index in [0.717, 1.165) is 5.56 Å². The lowest BCUT2D eigenvalue weighted by Crippen LogP contribution is -2.32. The molecule has 1 N–H and O–H groups in total. The van der Waals surface area contributed by atoms with Crippen LogP contribution in [0.25, 0.3) is 5.76 Å². The molecule has 1 fully saturated rings. The van der Waals surface area contributed by atoms with E-state index in [9.17, 15) is 24.8 Å². The highest BCUT2D eigenvalue weighted by Crippen LogP contribution is 2.42. The van der Waals surface area contributed by atoms with Gasteiger partial charge in [-0.3, -0.25) is 19.7 Å². The molecule has 0 aliphatic carbocycles. The van der Waals surface area contributed by atoms with Crippen molar-refractivity contribution in [2.24, 2.45) is 0 Å². The first kappa shape index (κ1) is 22.7. The molecule has 0 unspecified atom stereocenters. The van der Waals surface area contributed by atoms with Crippen LogP contribution in [0.2, 0.25) is 0 Å². The highest BCUT2D eigenvalue weighted by molar-refractivity contribution is 6.46. The molecular formula is C26H22N2O6. The molecule has 1 heterocycles. The predicted octanol–water partition coefficient (Wildman–Crippen LogP) is 4.27. The van der Waals surface area contributed by atoms with Crippen LogP contribution in [-0.2, 0) is 16.0 Å². The number of aliphatic hydroxyl groups is 1. The number of rotatable bonds is 7. The number of aliphatic hydroxyl groups excluding tert-OH is 1. The summed E-state index contributed by atoms with van der Waals surface area (Å²) in [5.41, 5.74) is 0.985. The van der Waals surface area contributed by atoms with E-state index in [1.54, 1.807) is 30.3 Å². The molecule has 8 nitrogen and oxygen atoms in total. The average molecular weight is 458 g/mol. The standard InChI is InChI=1S/C26H22N2O6/c1-34-19-13-11-18(12-14-19)24(29)22-23(20-9-5-6-10-21(20)28(32)33)27(26(31)25(22)30)16-15-17-7-3-2-4-8-17/h2-14,23,29H,15-16H2,1H3/t23-/m1/s1. The summed E-state index contributed by atoms with van der Waals surface area (Å²) in [6, 6.07) is 20.6. The van der Waals surface area contributed by atoms with Gasteiger partial charge in [0.2, 0.25) is 0 Å². The van der Waals surface area contributed by atoms with E-state index in [2.05, 4.69) is 0 Å². The third kappa shape index (κ3) is 4.25. The SMILES string of the molecule is COc1ccc(C(O)=C2C(=O)C(=O)N(CCc3ccccc3)[C@@H]2c2ccccc2[N+](=O)[O-])cc1. The number of likely N-dealkylation sites (tertiary alicyclic amines) is 1. The molecule has 1 atom stereocenters. The molecule has 4 rings (SSSR count). The van der Waals surface area contributed by atoms with Gasteiger partial charge < -0.3 is 14.7 Å². The molecule has 1 aliphatic rings. The molecule has 3 aromatic carbocycles. The van der Waals surface area contributed by atoms with Crippen molar-refractivity contribution >= 4 is 23.1 Å². The van der Waals surface area contributed by atoms with Crippen molar-refractivity contribution in [2.45, 2.75) is 12.5 Å². The second kappa shape index (κ2) is 9.58. The van der Waals surface area contributed by atoms with E-state index in [-0.39, 0.29) is 23.4 Å². The van der Waals surface area contributed by atoms with Gasteiger partial charge in [0, 0.05) is 18.2 Å². The van der Waals surface area contributed by atoms with Gasteiger partial charge >= 0.3 is 0 Å². The summed E-state index contributed by atoms with van der Waals surface area (Å²) in [6.45, 7) is 0.144. The molecule has 0 spiro atoms. The van der Waals surface area contributed by atoms with Crippen molar-refractivity contribution < 1.29 is 24.4 Å². The van der Waals surface area contributed by atoms with Gasteiger partial charge in [-0.2, -0.15) is 0 Å². The lowest BCUT2D eigenvalue weighted by atomic mass is 9.94. The fraction of sp³-hybridized carbons (Fsp3) is 0.154. The normalized spacial score (nSPS) is 17.1. The van der Waals surface area contributed by atoms with Gasteiger partial charge in [0.15, 0.2) is 0 Å². The zero-order chi connectivity index (χ0) is 24.2. The number of hydrogen-bond donors (Lipinski definition) is 1. The Balaban J connectivity index is 1.84. The van der Waals surface area contributed by atoms with Crippen LogP contribution in [0, 0.1) is 10.1 Å². The molecule has 0 bridgehead atoms. The lowest BCUT2D eigenvalue weighted by Gasteiger charge is -2.25. The zero-order valence-electron chi connectivity index (χ0n) is 18.4. The van der Waals surface area contributed by atoms with E-state index in [4.69, 9.17) is 4.74 Å². The molecule has 0 radical (unpaired) electrons. The highest BCUT2D eigenvalue weighted by atomic mass is 16.6. The summed E-state index contributed by atoms with van der Waals surface area (Å²) in [4.78, 5) is 38.7. The summed E-state index contributed by atoms with van der Waals surface area (Å²) in [5.74, 6) is -1.54. The number of carbonyl (C=O) groups is 2. The minimum atomic E-state index is -1.10. The van der Waals surface area contributed by atoms with E-state index >= 15 is 0 Å². The minimum Gasteiger partial charge on any atom is -0.507 e. The summed E-state index contributed by atoms with van der Waals surface area (Å²) in [7, 11) is 1.50. The molecule has 0 saturated carbocycles. The van der Waals surface area contributed by atoms with Crippen LogP contribution >= 0.6 is 0 Å².